The molecule has 7 nitrogen and oxygen atoms in total. The van der Waals surface area contributed by atoms with Crippen LogP contribution in [0.15, 0.2) is 29.1 Å². The molecule has 2 aromatic heterocycles. The van der Waals surface area contributed by atoms with E-state index in [4.69, 9.17) is 16.3 Å². The van der Waals surface area contributed by atoms with Gasteiger partial charge in [0.05, 0.1) is 34.7 Å². The van der Waals surface area contributed by atoms with E-state index >= 15 is 0 Å². The molecule has 0 spiro atoms. The van der Waals surface area contributed by atoms with Crippen molar-refractivity contribution in [3.8, 4) is 0 Å². The van der Waals surface area contributed by atoms with Crippen LogP contribution in [-0.4, -0.2) is 41.2 Å². The van der Waals surface area contributed by atoms with Gasteiger partial charge in [0.15, 0.2) is 5.82 Å². The van der Waals surface area contributed by atoms with Crippen LogP contribution in [0.3, 0.4) is 0 Å². The Balaban J connectivity index is 1.57. The minimum absolute atomic E-state index is 0.209. The van der Waals surface area contributed by atoms with Crippen molar-refractivity contribution in [2.24, 2.45) is 0 Å². The normalized spacial score (nSPS) is 17.2. The van der Waals surface area contributed by atoms with Crippen LogP contribution in [0.1, 0.15) is 9.67 Å². The summed E-state index contributed by atoms with van der Waals surface area (Å²) in [6.07, 6.45) is 2.01. The number of rotatable bonds is 4. The molecular formula is C13H10BrClN4O3S. The topological polar surface area (TPSA) is 84.4 Å². The molecule has 3 rings (SSSR count). The second-order valence-corrected chi connectivity index (χ2v) is 7.16. The van der Waals surface area contributed by atoms with E-state index in [1.165, 1.54) is 28.6 Å². The van der Waals surface area contributed by atoms with Crippen LogP contribution in [-0.2, 0) is 4.74 Å². The van der Waals surface area contributed by atoms with Gasteiger partial charge < -0.3 is 10.1 Å². The Morgan fingerprint density at radius 1 is 1.48 bits per heavy atom. The number of halogens is 2. The van der Waals surface area contributed by atoms with Crippen molar-refractivity contribution < 1.29 is 14.3 Å². The molecule has 0 aromatic carbocycles. The van der Waals surface area contributed by atoms with E-state index in [2.05, 4.69) is 31.2 Å². The number of amides is 2. The van der Waals surface area contributed by atoms with E-state index < -0.39 is 12.2 Å². The summed E-state index contributed by atoms with van der Waals surface area (Å²) in [6, 6.07) is 3.30. The van der Waals surface area contributed by atoms with E-state index in [-0.39, 0.29) is 12.5 Å². The molecule has 1 aliphatic rings. The zero-order chi connectivity index (χ0) is 16.4. The molecule has 3 heterocycles. The minimum atomic E-state index is -0.514. The molecule has 0 bridgehead atoms. The Bertz CT molecular complexity index is 739. The maximum atomic E-state index is 11.9. The highest BCUT2D eigenvalue weighted by molar-refractivity contribution is 9.10. The Morgan fingerprint density at radius 3 is 2.96 bits per heavy atom. The molecule has 0 aliphatic carbocycles. The Kier molecular flexibility index (Phi) is 4.79. The summed E-state index contributed by atoms with van der Waals surface area (Å²) in [5.74, 6) is 0.150. The number of hydrogen-bond donors (Lipinski definition) is 1. The Morgan fingerprint density at radius 2 is 2.30 bits per heavy atom. The van der Waals surface area contributed by atoms with Crippen LogP contribution in [0.25, 0.3) is 0 Å². The minimum Gasteiger partial charge on any atom is -0.442 e. The maximum absolute atomic E-state index is 11.9. The zero-order valence-corrected chi connectivity index (χ0v) is 14.7. The first kappa shape index (κ1) is 16.2. The molecule has 1 saturated heterocycles. The van der Waals surface area contributed by atoms with Crippen LogP contribution in [0.5, 0.6) is 0 Å². The Hall–Kier alpha value is -1.71. The fraction of sp³-hybridized carbons (Fsp3) is 0.231. The number of thiophene rings is 1. The molecule has 0 radical (unpaired) electrons. The van der Waals surface area contributed by atoms with Crippen molar-refractivity contribution >= 4 is 56.7 Å². The molecule has 0 unspecified atom stereocenters. The van der Waals surface area contributed by atoms with Crippen LogP contribution < -0.4 is 10.2 Å². The first-order valence-electron chi connectivity index (χ1n) is 6.52. The van der Waals surface area contributed by atoms with Gasteiger partial charge in [-0.15, -0.1) is 11.3 Å². The predicted octanol–water partition coefficient (Wildman–Crippen LogP) is 2.71. The number of cyclic esters (lactones) is 1. The number of ether oxygens (including phenoxy) is 1. The van der Waals surface area contributed by atoms with Crippen molar-refractivity contribution in [2.45, 2.75) is 6.10 Å². The van der Waals surface area contributed by atoms with Gasteiger partial charge in [-0.25, -0.2) is 14.8 Å². The largest absolute Gasteiger partial charge is 0.442 e. The number of anilines is 1. The monoisotopic (exact) mass is 416 g/mol. The van der Waals surface area contributed by atoms with E-state index in [0.29, 0.717) is 26.2 Å². The molecule has 1 fully saturated rings. The number of aromatic nitrogens is 2. The zero-order valence-electron chi connectivity index (χ0n) is 11.5. The van der Waals surface area contributed by atoms with Crippen LogP contribution in [0.4, 0.5) is 10.6 Å². The first-order chi connectivity index (χ1) is 11.0. The smallest absolute Gasteiger partial charge is 0.416 e. The van der Waals surface area contributed by atoms with Crippen LogP contribution in [0.2, 0.25) is 4.34 Å². The van der Waals surface area contributed by atoms with E-state index in [1.54, 1.807) is 12.1 Å². The third-order valence-electron chi connectivity index (χ3n) is 3.04. The van der Waals surface area contributed by atoms with Crippen LogP contribution in [0, 0.1) is 0 Å². The van der Waals surface area contributed by atoms with Crippen molar-refractivity contribution in [2.75, 3.05) is 18.0 Å². The lowest BCUT2D eigenvalue weighted by Crippen LogP contribution is -2.34. The van der Waals surface area contributed by atoms with E-state index in [9.17, 15) is 9.59 Å². The number of carbonyl (C=O) groups excluding carboxylic acids is 2. The van der Waals surface area contributed by atoms with Crippen molar-refractivity contribution in [3.63, 3.8) is 0 Å². The Labute approximate surface area is 148 Å². The summed E-state index contributed by atoms with van der Waals surface area (Å²) in [5, 5.41) is 2.72. The van der Waals surface area contributed by atoms with Crippen molar-refractivity contribution in [1.29, 1.82) is 0 Å². The van der Waals surface area contributed by atoms with Gasteiger partial charge in [-0.3, -0.25) is 9.69 Å². The highest BCUT2D eigenvalue weighted by Crippen LogP contribution is 2.22. The summed E-state index contributed by atoms with van der Waals surface area (Å²) < 4.78 is 6.34. The summed E-state index contributed by atoms with van der Waals surface area (Å²) in [7, 11) is 0. The van der Waals surface area contributed by atoms with Gasteiger partial charge in [0, 0.05) is 0 Å². The molecule has 1 N–H and O–H groups in total. The third-order valence-corrected chi connectivity index (χ3v) is 4.68. The van der Waals surface area contributed by atoms with Gasteiger partial charge in [-0.1, -0.05) is 11.6 Å². The summed E-state index contributed by atoms with van der Waals surface area (Å²) in [6.45, 7) is 0.501. The SMILES string of the molecule is O=C(NC[C@H]1CN(c2cnc(Br)cn2)C(=O)O1)c1ccc(Cl)s1. The number of carbonyl (C=O) groups is 2. The van der Waals surface area contributed by atoms with Crippen molar-refractivity contribution in [1.82, 2.24) is 15.3 Å². The molecule has 120 valence electrons. The predicted molar refractivity (Wildman–Crippen MR) is 89.0 cm³/mol. The molecular weight excluding hydrogens is 408 g/mol. The molecule has 2 aromatic rings. The van der Waals surface area contributed by atoms with Gasteiger partial charge in [0.1, 0.15) is 10.7 Å². The molecule has 1 atom stereocenters. The fourth-order valence-corrected chi connectivity index (χ4v) is 3.15. The summed E-state index contributed by atoms with van der Waals surface area (Å²) in [5.41, 5.74) is 0. The van der Waals surface area contributed by atoms with Crippen molar-refractivity contribution in [3.05, 3.63) is 38.3 Å². The molecule has 23 heavy (non-hydrogen) atoms. The lowest BCUT2D eigenvalue weighted by molar-refractivity contribution is 0.0920. The van der Waals surface area contributed by atoms with E-state index in [0.717, 1.165) is 0 Å². The second kappa shape index (κ2) is 6.81. The van der Waals surface area contributed by atoms with Gasteiger partial charge in [-0.05, 0) is 28.1 Å². The quantitative estimate of drug-likeness (QED) is 0.827. The molecule has 2 amide bonds. The average Bonchev–Trinajstić information content (AvgIpc) is 3.12. The number of hydrogen-bond acceptors (Lipinski definition) is 6. The molecule has 0 saturated carbocycles. The highest BCUT2D eigenvalue weighted by Gasteiger charge is 2.33. The first-order valence-corrected chi connectivity index (χ1v) is 8.51. The van der Waals surface area contributed by atoms with Gasteiger partial charge in [-0.2, -0.15) is 0 Å². The summed E-state index contributed by atoms with van der Waals surface area (Å²) in [4.78, 5) is 33.8. The fourth-order valence-electron chi connectivity index (χ4n) is 1.99. The second-order valence-electron chi connectivity index (χ2n) is 4.63. The van der Waals surface area contributed by atoms with Gasteiger partial charge >= 0.3 is 6.09 Å². The van der Waals surface area contributed by atoms with Crippen LogP contribution >= 0.6 is 38.9 Å². The summed E-state index contributed by atoms with van der Waals surface area (Å²) >= 11 is 10.2. The van der Waals surface area contributed by atoms with Gasteiger partial charge in [0.25, 0.3) is 5.91 Å². The van der Waals surface area contributed by atoms with Gasteiger partial charge in [0.2, 0.25) is 0 Å². The van der Waals surface area contributed by atoms with E-state index in [1.807, 2.05) is 0 Å². The lowest BCUT2D eigenvalue weighted by Gasteiger charge is -2.11. The molecule has 10 heteroatoms. The lowest BCUT2D eigenvalue weighted by atomic mass is 10.3. The number of nitrogens with one attached hydrogen (secondary N) is 1. The standard InChI is InChI=1S/C13H10BrClN4O3S/c14-9-4-17-11(5-16-9)19-6-7(22-13(19)21)3-18-12(20)8-1-2-10(15)23-8/h1-2,4-5,7H,3,6H2,(H,18,20)/t7-/m0/s1. The highest BCUT2D eigenvalue weighted by atomic mass is 79.9. The number of nitrogens with zero attached hydrogens (tertiary/aromatic N) is 3. The third kappa shape index (κ3) is 3.80. The molecule has 1 aliphatic heterocycles. The maximum Gasteiger partial charge on any atom is 0.416 e. The average molecular weight is 418 g/mol.